The number of nitro groups is 1. The summed E-state index contributed by atoms with van der Waals surface area (Å²) in [5, 5.41) is 24.4. The van der Waals surface area contributed by atoms with Crippen molar-refractivity contribution in [2.45, 2.75) is 33.4 Å². The second kappa shape index (κ2) is 5.92. The molecule has 2 aromatic rings. The number of benzene rings is 1. The van der Waals surface area contributed by atoms with Gasteiger partial charge < -0.3 is 9.84 Å². The number of nitrogens with zero attached hydrogens (tertiary/aromatic N) is 3. The number of aliphatic hydroxyl groups is 1. The van der Waals surface area contributed by atoms with Crippen molar-refractivity contribution in [3.05, 3.63) is 45.6 Å². The van der Waals surface area contributed by atoms with Gasteiger partial charge in [0.1, 0.15) is 11.4 Å². The van der Waals surface area contributed by atoms with E-state index in [4.69, 9.17) is 9.84 Å². The molecule has 2 rings (SSSR count). The SMILES string of the molecule is Cc1nn(C(C)C)c(Oc2ccc(CO)cc2)c1[N+](=O)[O-]. The van der Waals surface area contributed by atoms with Crippen LogP contribution in [0.15, 0.2) is 24.3 Å². The summed E-state index contributed by atoms with van der Waals surface area (Å²) in [5.74, 6) is 0.571. The van der Waals surface area contributed by atoms with Gasteiger partial charge in [-0.3, -0.25) is 10.1 Å². The fourth-order valence-electron chi connectivity index (χ4n) is 1.95. The Morgan fingerprint density at radius 2 is 2.00 bits per heavy atom. The number of aryl methyl sites for hydroxylation is 1. The first kappa shape index (κ1) is 15.0. The summed E-state index contributed by atoms with van der Waals surface area (Å²) >= 11 is 0. The predicted molar refractivity (Wildman–Crippen MR) is 76.4 cm³/mol. The van der Waals surface area contributed by atoms with Crippen molar-refractivity contribution in [1.29, 1.82) is 0 Å². The lowest BCUT2D eigenvalue weighted by atomic mass is 10.2. The van der Waals surface area contributed by atoms with Gasteiger partial charge in [-0.1, -0.05) is 12.1 Å². The molecule has 0 amide bonds. The molecule has 0 fully saturated rings. The molecule has 112 valence electrons. The van der Waals surface area contributed by atoms with E-state index in [2.05, 4.69) is 5.10 Å². The third-order valence-electron chi connectivity index (χ3n) is 3.00. The van der Waals surface area contributed by atoms with Crippen molar-refractivity contribution in [3.8, 4) is 11.6 Å². The van der Waals surface area contributed by atoms with Crippen molar-refractivity contribution >= 4 is 5.69 Å². The van der Waals surface area contributed by atoms with Gasteiger partial charge in [-0.15, -0.1) is 0 Å². The summed E-state index contributed by atoms with van der Waals surface area (Å²) in [6, 6.07) is 6.64. The van der Waals surface area contributed by atoms with E-state index in [1.165, 1.54) is 4.68 Å². The predicted octanol–water partition coefficient (Wildman–Crippen LogP) is 2.97. The summed E-state index contributed by atoms with van der Waals surface area (Å²) < 4.78 is 7.15. The van der Waals surface area contributed by atoms with Gasteiger partial charge in [-0.2, -0.15) is 5.10 Å². The maximum atomic E-state index is 11.2. The normalized spacial score (nSPS) is 10.9. The molecule has 7 heteroatoms. The van der Waals surface area contributed by atoms with Crippen LogP contribution in [0.1, 0.15) is 31.1 Å². The molecule has 0 aliphatic heterocycles. The fraction of sp³-hybridized carbons (Fsp3) is 0.357. The number of ether oxygens (including phenoxy) is 1. The summed E-state index contributed by atoms with van der Waals surface area (Å²) in [6.07, 6.45) is 0. The van der Waals surface area contributed by atoms with Gasteiger partial charge in [0.25, 0.3) is 5.88 Å². The van der Waals surface area contributed by atoms with Crippen molar-refractivity contribution in [3.63, 3.8) is 0 Å². The zero-order chi connectivity index (χ0) is 15.6. The zero-order valence-electron chi connectivity index (χ0n) is 12.1. The lowest BCUT2D eigenvalue weighted by molar-refractivity contribution is -0.386. The molecule has 0 unspecified atom stereocenters. The molecule has 0 radical (unpaired) electrons. The third kappa shape index (κ3) is 3.03. The molecule has 0 atom stereocenters. The zero-order valence-corrected chi connectivity index (χ0v) is 12.1. The second-order valence-corrected chi connectivity index (χ2v) is 4.94. The Kier molecular flexibility index (Phi) is 4.23. The van der Waals surface area contributed by atoms with Crippen LogP contribution in [0.4, 0.5) is 5.69 Å². The van der Waals surface area contributed by atoms with Crippen LogP contribution in [0.5, 0.6) is 11.6 Å². The molecule has 0 aliphatic carbocycles. The molecule has 1 aromatic carbocycles. The highest BCUT2D eigenvalue weighted by molar-refractivity contribution is 5.48. The van der Waals surface area contributed by atoms with Gasteiger partial charge >= 0.3 is 5.69 Å². The maximum Gasteiger partial charge on any atom is 0.353 e. The van der Waals surface area contributed by atoms with Crippen LogP contribution in [0, 0.1) is 17.0 Å². The van der Waals surface area contributed by atoms with E-state index in [0.29, 0.717) is 11.4 Å². The molecule has 0 spiro atoms. The molecule has 0 saturated carbocycles. The summed E-state index contributed by atoms with van der Waals surface area (Å²) in [4.78, 5) is 10.7. The highest BCUT2D eigenvalue weighted by Crippen LogP contribution is 2.36. The number of hydrogen-bond donors (Lipinski definition) is 1. The van der Waals surface area contributed by atoms with Crippen LogP contribution >= 0.6 is 0 Å². The first-order valence-electron chi connectivity index (χ1n) is 6.55. The van der Waals surface area contributed by atoms with Crippen LogP contribution in [-0.2, 0) is 6.61 Å². The largest absolute Gasteiger partial charge is 0.434 e. The van der Waals surface area contributed by atoms with Crippen LogP contribution in [0.3, 0.4) is 0 Å². The van der Waals surface area contributed by atoms with Gasteiger partial charge in [0.2, 0.25) is 0 Å². The Balaban J connectivity index is 2.43. The average Bonchev–Trinajstić information content (AvgIpc) is 2.76. The van der Waals surface area contributed by atoms with E-state index >= 15 is 0 Å². The standard InChI is InChI=1S/C14H17N3O4/c1-9(2)16-14(13(17(19)20)10(3)15-16)21-12-6-4-11(8-18)5-7-12/h4-7,9,18H,8H2,1-3H3. The maximum absolute atomic E-state index is 11.2. The Labute approximate surface area is 121 Å². The van der Waals surface area contributed by atoms with Crippen molar-refractivity contribution in [2.75, 3.05) is 0 Å². The molecule has 1 N–H and O–H groups in total. The number of hydrogen-bond acceptors (Lipinski definition) is 5. The minimum Gasteiger partial charge on any atom is -0.434 e. The van der Waals surface area contributed by atoms with Gasteiger partial charge in [0.15, 0.2) is 0 Å². The monoisotopic (exact) mass is 291 g/mol. The minimum atomic E-state index is -0.487. The van der Waals surface area contributed by atoms with Crippen LogP contribution in [-0.4, -0.2) is 19.8 Å². The first-order valence-corrected chi connectivity index (χ1v) is 6.55. The summed E-state index contributed by atoms with van der Waals surface area (Å²) in [6.45, 7) is 5.26. The van der Waals surface area contributed by atoms with Gasteiger partial charge in [0, 0.05) is 0 Å². The molecule has 7 nitrogen and oxygen atoms in total. The van der Waals surface area contributed by atoms with Gasteiger partial charge in [-0.25, -0.2) is 4.68 Å². The van der Waals surface area contributed by atoms with E-state index in [1.807, 2.05) is 13.8 Å². The summed E-state index contributed by atoms with van der Waals surface area (Å²) in [7, 11) is 0. The third-order valence-corrected chi connectivity index (χ3v) is 3.00. The van der Waals surface area contributed by atoms with Crippen molar-refractivity contribution in [2.24, 2.45) is 0 Å². The second-order valence-electron chi connectivity index (χ2n) is 4.94. The molecule has 1 aromatic heterocycles. The molecule has 1 heterocycles. The Hall–Kier alpha value is -2.41. The Bertz CT molecular complexity index is 647. The highest BCUT2D eigenvalue weighted by atomic mass is 16.6. The van der Waals surface area contributed by atoms with E-state index in [1.54, 1.807) is 31.2 Å². The smallest absolute Gasteiger partial charge is 0.353 e. The molecule has 0 bridgehead atoms. The van der Waals surface area contributed by atoms with E-state index in [9.17, 15) is 10.1 Å². The Morgan fingerprint density at radius 3 is 2.48 bits per heavy atom. The summed E-state index contributed by atoms with van der Waals surface area (Å²) in [5.41, 5.74) is 0.927. The van der Waals surface area contributed by atoms with Crippen LogP contribution in [0.25, 0.3) is 0 Å². The van der Waals surface area contributed by atoms with Crippen LogP contribution in [0.2, 0.25) is 0 Å². The lowest BCUT2D eigenvalue weighted by Gasteiger charge is -2.11. The number of rotatable bonds is 5. The topological polar surface area (TPSA) is 90.4 Å². The molecule has 0 saturated heterocycles. The van der Waals surface area contributed by atoms with E-state index < -0.39 is 4.92 Å². The van der Waals surface area contributed by atoms with E-state index in [0.717, 1.165) is 5.56 Å². The molecular formula is C14H17N3O4. The average molecular weight is 291 g/mol. The quantitative estimate of drug-likeness (QED) is 0.675. The van der Waals surface area contributed by atoms with E-state index in [-0.39, 0.29) is 24.2 Å². The first-order chi connectivity index (χ1) is 9.93. The minimum absolute atomic E-state index is 0.0656. The molecular weight excluding hydrogens is 274 g/mol. The van der Waals surface area contributed by atoms with Crippen molar-refractivity contribution in [1.82, 2.24) is 9.78 Å². The fourth-order valence-corrected chi connectivity index (χ4v) is 1.95. The van der Waals surface area contributed by atoms with Gasteiger partial charge in [-0.05, 0) is 38.5 Å². The molecule has 21 heavy (non-hydrogen) atoms. The lowest BCUT2D eigenvalue weighted by Crippen LogP contribution is -2.05. The molecule has 0 aliphatic rings. The van der Waals surface area contributed by atoms with Crippen LogP contribution < -0.4 is 4.74 Å². The number of aromatic nitrogens is 2. The van der Waals surface area contributed by atoms with Gasteiger partial charge in [0.05, 0.1) is 17.6 Å². The number of aliphatic hydroxyl groups excluding tert-OH is 1. The van der Waals surface area contributed by atoms with Crippen molar-refractivity contribution < 1.29 is 14.8 Å². The highest BCUT2D eigenvalue weighted by Gasteiger charge is 2.28. The Morgan fingerprint density at radius 1 is 1.38 bits per heavy atom.